The van der Waals surface area contributed by atoms with E-state index in [9.17, 15) is 18.0 Å². The number of alkyl halides is 3. The number of ether oxygens (including phenoxy) is 1. The molecule has 164 valence electrons. The molecule has 2 heterocycles. The van der Waals surface area contributed by atoms with Crippen molar-refractivity contribution in [3.05, 3.63) is 60.1 Å². The molecular formula is C21H21F3N4O3. The lowest BCUT2D eigenvalue weighted by atomic mass is 10.2. The Kier molecular flexibility index (Phi) is 6.59. The molecule has 0 saturated carbocycles. The molecule has 0 aliphatic heterocycles. The smallest absolute Gasteiger partial charge is 0.431 e. The van der Waals surface area contributed by atoms with Crippen LogP contribution < -0.4 is 10.2 Å². The fraction of sp³-hybridized carbons (Fsp3) is 0.286. The molecule has 0 saturated heterocycles. The van der Waals surface area contributed by atoms with Crippen LogP contribution >= 0.6 is 0 Å². The van der Waals surface area contributed by atoms with E-state index in [1.807, 2.05) is 18.9 Å². The highest BCUT2D eigenvalue weighted by Crippen LogP contribution is 2.35. The van der Waals surface area contributed by atoms with Gasteiger partial charge in [-0.1, -0.05) is 18.2 Å². The first kappa shape index (κ1) is 22.3. The molecule has 0 aliphatic rings. The van der Waals surface area contributed by atoms with Crippen molar-refractivity contribution in [2.24, 2.45) is 0 Å². The first-order valence-electron chi connectivity index (χ1n) is 9.33. The van der Waals surface area contributed by atoms with E-state index in [0.29, 0.717) is 18.0 Å². The number of nitrogens with zero attached hydrogens (tertiary/aromatic N) is 3. The van der Waals surface area contributed by atoms with E-state index in [-0.39, 0.29) is 17.6 Å². The number of oxazole rings is 1. The number of nitrogens with one attached hydrogen (secondary N) is 1. The number of carbonyl (C=O) groups excluding carboxylic acids is 1. The summed E-state index contributed by atoms with van der Waals surface area (Å²) in [5.74, 6) is -2.18. The molecule has 3 aromatic rings. The van der Waals surface area contributed by atoms with Crippen LogP contribution in [0.15, 0.2) is 53.1 Å². The van der Waals surface area contributed by atoms with E-state index in [0.717, 1.165) is 0 Å². The van der Waals surface area contributed by atoms with Gasteiger partial charge >= 0.3 is 6.18 Å². The average Bonchev–Trinajstić information content (AvgIpc) is 3.21. The summed E-state index contributed by atoms with van der Waals surface area (Å²) in [6, 6.07) is 11.3. The normalized spacial score (nSPS) is 12.5. The Labute approximate surface area is 176 Å². The van der Waals surface area contributed by atoms with Crippen LogP contribution in [0.3, 0.4) is 0 Å². The third-order valence-corrected chi connectivity index (χ3v) is 4.56. The van der Waals surface area contributed by atoms with Crippen molar-refractivity contribution in [3.63, 3.8) is 0 Å². The van der Waals surface area contributed by atoms with Gasteiger partial charge in [-0.15, -0.1) is 0 Å². The van der Waals surface area contributed by atoms with Crippen LogP contribution in [-0.4, -0.2) is 42.7 Å². The van der Waals surface area contributed by atoms with Gasteiger partial charge in [-0.3, -0.25) is 4.79 Å². The quantitative estimate of drug-likeness (QED) is 0.591. The summed E-state index contributed by atoms with van der Waals surface area (Å²) in [6.45, 7) is 2.45. The van der Waals surface area contributed by atoms with Crippen LogP contribution in [0.25, 0.3) is 11.5 Å². The Balaban J connectivity index is 1.82. The molecule has 0 radical (unpaired) electrons. The zero-order valence-electron chi connectivity index (χ0n) is 17.1. The minimum Gasteiger partial charge on any atom is -0.431 e. The molecule has 1 N–H and O–H groups in total. The number of anilines is 2. The monoisotopic (exact) mass is 434 g/mol. The maximum absolute atomic E-state index is 13.4. The fourth-order valence-electron chi connectivity index (χ4n) is 2.81. The highest BCUT2D eigenvalue weighted by molar-refractivity contribution is 6.04. The second-order valence-electron chi connectivity index (χ2n) is 6.83. The maximum atomic E-state index is 13.4. The predicted octanol–water partition coefficient (Wildman–Crippen LogP) is 4.48. The number of benzene rings is 1. The number of rotatable bonds is 7. The van der Waals surface area contributed by atoms with Gasteiger partial charge in [-0.05, 0) is 31.2 Å². The molecule has 1 atom stereocenters. The Morgan fingerprint density at radius 2 is 1.94 bits per heavy atom. The molecule has 2 aromatic heterocycles. The molecule has 0 aliphatic carbocycles. The topological polar surface area (TPSA) is 80.5 Å². The molecule has 7 nitrogen and oxygen atoms in total. The number of amides is 1. The zero-order chi connectivity index (χ0) is 22.6. The Morgan fingerprint density at radius 3 is 2.52 bits per heavy atom. The average molecular weight is 434 g/mol. The maximum Gasteiger partial charge on any atom is 0.452 e. The largest absolute Gasteiger partial charge is 0.452 e. The van der Waals surface area contributed by atoms with Crippen molar-refractivity contribution in [2.45, 2.75) is 19.1 Å². The first-order chi connectivity index (χ1) is 14.7. The molecule has 10 heteroatoms. The van der Waals surface area contributed by atoms with E-state index < -0.39 is 23.5 Å². The summed E-state index contributed by atoms with van der Waals surface area (Å²) in [5.41, 5.74) is -0.300. The molecule has 0 unspecified atom stereocenters. The Bertz CT molecular complexity index is 1020. The summed E-state index contributed by atoms with van der Waals surface area (Å²) >= 11 is 0. The van der Waals surface area contributed by atoms with Crippen molar-refractivity contribution >= 4 is 17.4 Å². The Morgan fingerprint density at radius 1 is 1.23 bits per heavy atom. The van der Waals surface area contributed by atoms with Crippen LogP contribution in [0.1, 0.15) is 23.2 Å². The van der Waals surface area contributed by atoms with Gasteiger partial charge in [0.25, 0.3) is 5.91 Å². The van der Waals surface area contributed by atoms with Crippen molar-refractivity contribution in [3.8, 4) is 11.5 Å². The van der Waals surface area contributed by atoms with Crippen LogP contribution in [0, 0.1) is 0 Å². The summed E-state index contributed by atoms with van der Waals surface area (Å²) in [4.78, 5) is 22.5. The van der Waals surface area contributed by atoms with Gasteiger partial charge in [0.1, 0.15) is 5.82 Å². The molecule has 0 bridgehead atoms. The third-order valence-electron chi connectivity index (χ3n) is 4.56. The highest BCUT2D eigenvalue weighted by atomic mass is 19.4. The predicted molar refractivity (Wildman–Crippen MR) is 109 cm³/mol. The lowest BCUT2D eigenvalue weighted by Gasteiger charge is -2.25. The second kappa shape index (κ2) is 9.17. The van der Waals surface area contributed by atoms with Gasteiger partial charge in [0.05, 0.1) is 24.5 Å². The summed E-state index contributed by atoms with van der Waals surface area (Å²) < 4.78 is 50.2. The number of likely N-dealkylation sites (N-methyl/N-ethyl adjacent to an activating group) is 1. The van der Waals surface area contributed by atoms with E-state index in [1.165, 1.54) is 18.3 Å². The number of methoxy groups -OCH3 is 1. The van der Waals surface area contributed by atoms with E-state index >= 15 is 0 Å². The number of hydrogen-bond donors (Lipinski definition) is 1. The minimum absolute atomic E-state index is 0.0545. The molecule has 1 amide bonds. The van der Waals surface area contributed by atoms with Crippen molar-refractivity contribution in [1.82, 2.24) is 9.97 Å². The van der Waals surface area contributed by atoms with Gasteiger partial charge in [0, 0.05) is 19.7 Å². The van der Waals surface area contributed by atoms with Crippen molar-refractivity contribution in [2.75, 3.05) is 31.0 Å². The molecule has 31 heavy (non-hydrogen) atoms. The van der Waals surface area contributed by atoms with Crippen molar-refractivity contribution < 1.29 is 27.1 Å². The van der Waals surface area contributed by atoms with Gasteiger partial charge < -0.3 is 19.4 Å². The number of aromatic nitrogens is 2. The van der Waals surface area contributed by atoms with Crippen LogP contribution in [0.2, 0.25) is 0 Å². The van der Waals surface area contributed by atoms with E-state index in [1.54, 1.807) is 37.4 Å². The van der Waals surface area contributed by atoms with Crippen molar-refractivity contribution in [1.29, 1.82) is 0 Å². The number of carbonyl (C=O) groups is 1. The second-order valence-corrected chi connectivity index (χ2v) is 6.83. The number of hydrogen-bond acceptors (Lipinski definition) is 6. The van der Waals surface area contributed by atoms with Gasteiger partial charge in [0.2, 0.25) is 11.7 Å². The third kappa shape index (κ3) is 5.21. The number of halogens is 3. The first-order valence-corrected chi connectivity index (χ1v) is 9.33. The summed E-state index contributed by atoms with van der Waals surface area (Å²) in [7, 11) is 3.43. The van der Waals surface area contributed by atoms with Crippen LogP contribution in [0.5, 0.6) is 0 Å². The van der Waals surface area contributed by atoms with Gasteiger partial charge in [0.15, 0.2) is 5.69 Å². The van der Waals surface area contributed by atoms with Gasteiger partial charge in [-0.2, -0.15) is 13.2 Å². The molecule has 0 spiro atoms. The lowest BCUT2D eigenvalue weighted by Crippen LogP contribution is -2.33. The summed E-state index contributed by atoms with van der Waals surface area (Å²) in [6.07, 6.45) is -3.52. The number of pyridine rings is 1. The molecule has 0 fully saturated rings. The fourth-order valence-corrected chi connectivity index (χ4v) is 2.81. The summed E-state index contributed by atoms with van der Waals surface area (Å²) in [5, 5.41) is 2.39. The zero-order valence-corrected chi connectivity index (χ0v) is 17.1. The Hall–Kier alpha value is -3.40. The molecule has 3 rings (SSSR count). The minimum atomic E-state index is -4.88. The van der Waals surface area contributed by atoms with Crippen LogP contribution in [0.4, 0.5) is 24.7 Å². The highest BCUT2D eigenvalue weighted by Gasteiger charge is 2.42. The SMILES string of the molecule is COC[C@H](C)N(C)c1ccc(NC(=O)c2nc(-c3ccccc3)oc2C(F)(F)F)cn1. The van der Waals surface area contributed by atoms with Crippen LogP contribution in [-0.2, 0) is 10.9 Å². The molecular weight excluding hydrogens is 413 g/mol. The standard InChI is InChI=1S/C21H21F3N4O3/c1-13(12-30-3)28(2)16-10-9-15(11-25-16)26-19(29)17-18(21(22,23)24)31-20(27-17)14-7-5-4-6-8-14/h4-11,13H,12H2,1-3H3,(H,26,29)/t13-/m0/s1. The van der Waals surface area contributed by atoms with Gasteiger partial charge in [-0.25, -0.2) is 9.97 Å². The lowest BCUT2D eigenvalue weighted by molar-refractivity contribution is -0.153. The molecule has 1 aromatic carbocycles. The van der Waals surface area contributed by atoms with E-state index in [4.69, 9.17) is 9.15 Å². The van der Waals surface area contributed by atoms with E-state index in [2.05, 4.69) is 15.3 Å².